The number of hydrogen-bond donors (Lipinski definition) is 1. The van der Waals surface area contributed by atoms with Gasteiger partial charge in [0.2, 0.25) is 0 Å². The van der Waals surface area contributed by atoms with Crippen molar-refractivity contribution in [1.82, 2.24) is 4.90 Å². The van der Waals surface area contributed by atoms with Crippen molar-refractivity contribution < 1.29 is 18.0 Å². The quantitative estimate of drug-likeness (QED) is 0.580. The molecule has 1 heterocycles. The van der Waals surface area contributed by atoms with Crippen molar-refractivity contribution >= 4 is 23.2 Å². The minimum absolute atomic E-state index is 0.0185. The molecule has 0 bridgehead atoms. The van der Waals surface area contributed by atoms with Gasteiger partial charge in [0.25, 0.3) is 0 Å². The highest BCUT2D eigenvalue weighted by Gasteiger charge is 2.42. The Hall–Kier alpha value is -2.21. The second-order valence-corrected chi connectivity index (χ2v) is 8.64. The van der Waals surface area contributed by atoms with E-state index in [0.717, 1.165) is 40.1 Å². The van der Waals surface area contributed by atoms with Crippen LogP contribution in [0.2, 0.25) is 5.02 Å². The predicted octanol–water partition coefficient (Wildman–Crippen LogP) is 6.03. The van der Waals surface area contributed by atoms with Crippen LogP contribution in [0.1, 0.15) is 42.5 Å². The summed E-state index contributed by atoms with van der Waals surface area (Å²) in [4.78, 5) is 12.5. The van der Waals surface area contributed by atoms with Crippen LogP contribution in [0.5, 0.6) is 0 Å². The first kappa shape index (κ1) is 23.5. The lowest BCUT2D eigenvalue weighted by Crippen LogP contribution is -2.42. The third kappa shape index (κ3) is 5.94. The Labute approximate surface area is 186 Å². The normalized spacial score (nSPS) is 15.2. The molecule has 0 saturated carbocycles. The first-order valence-electron chi connectivity index (χ1n) is 10.7. The number of halogens is 4. The summed E-state index contributed by atoms with van der Waals surface area (Å²) in [6.07, 6.45) is -1.96. The van der Waals surface area contributed by atoms with Gasteiger partial charge in [0, 0.05) is 19.6 Å². The molecule has 2 aromatic rings. The molecule has 1 atom stereocenters. The number of benzene rings is 2. The smallest absolute Gasteiger partial charge is 0.380 e. The van der Waals surface area contributed by atoms with E-state index in [1.165, 1.54) is 5.56 Å². The lowest BCUT2D eigenvalue weighted by molar-refractivity contribution is -0.185. The van der Waals surface area contributed by atoms with Crippen molar-refractivity contribution in [2.45, 2.75) is 52.3 Å². The molecule has 3 nitrogen and oxygen atoms in total. The minimum atomic E-state index is -4.85. The highest BCUT2D eigenvalue weighted by molar-refractivity contribution is 6.33. The molecule has 0 spiro atoms. The van der Waals surface area contributed by atoms with Gasteiger partial charge >= 0.3 is 12.1 Å². The van der Waals surface area contributed by atoms with E-state index in [2.05, 4.69) is 43.4 Å². The van der Waals surface area contributed by atoms with Gasteiger partial charge in [0.15, 0.2) is 0 Å². The first-order chi connectivity index (χ1) is 14.7. The molecule has 0 aliphatic carbocycles. The fraction of sp³-hybridized carbons (Fsp3) is 0.458. The molecule has 31 heavy (non-hydrogen) atoms. The van der Waals surface area contributed by atoms with Crippen molar-refractivity contribution in [2.24, 2.45) is 5.92 Å². The first-order valence-corrected chi connectivity index (χ1v) is 11.0. The van der Waals surface area contributed by atoms with Crippen molar-refractivity contribution in [3.63, 3.8) is 0 Å². The van der Waals surface area contributed by atoms with Gasteiger partial charge in [-0.15, -0.1) is 0 Å². The summed E-state index contributed by atoms with van der Waals surface area (Å²) >= 11 is 6.43. The highest BCUT2D eigenvalue weighted by atomic mass is 35.5. The fourth-order valence-electron chi connectivity index (χ4n) is 3.90. The topological polar surface area (TPSA) is 32.3 Å². The Morgan fingerprint density at radius 3 is 2.39 bits per heavy atom. The molecular formula is C24H28ClF3N2O. The summed E-state index contributed by atoms with van der Waals surface area (Å²) in [6, 6.07) is 12.1. The van der Waals surface area contributed by atoms with Crippen LogP contribution >= 0.6 is 11.6 Å². The van der Waals surface area contributed by atoms with E-state index in [1.54, 1.807) is 6.07 Å². The Balaban J connectivity index is 1.71. The zero-order valence-corrected chi connectivity index (χ0v) is 18.6. The van der Waals surface area contributed by atoms with Crippen LogP contribution in [0.15, 0.2) is 36.4 Å². The van der Waals surface area contributed by atoms with E-state index in [0.29, 0.717) is 30.3 Å². The number of nitrogens with one attached hydrogen (secondary N) is 1. The van der Waals surface area contributed by atoms with E-state index < -0.39 is 12.1 Å². The second-order valence-electron chi connectivity index (χ2n) is 8.24. The second kappa shape index (κ2) is 9.94. The molecule has 0 radical (unpaired) electrons. The molecule has 1 aliphatic heterocycles. The van der Waals surface area contributed by atoms with Gasteiger partial charge in [-0.2, -0.15) is 13.2 Å². The monoisotopic (exact) mass is 452 g/mol. The van der Waals surface area contributed by atoms with E-state index in [1.807, 2.05) is 6.07 Å². The van der Waals surface area contributed by atoms with Crippen molar-refractivity contribution in [1.29, 1.82) is 0 Å². The summed E-state index contributed by atoms with van der Waals surface area (Å²) in [5.74, 6) is -1.13. The molecule has 0 saturated heterocycles. The minimum Gasteiger partial charge on any atom is -0.380 e. The molecule has 168 valence electrons. The summed E-state index contributed by atoms with van der Waals surface area (Å²) in [5.41, 5.74) is 4.96. The summed E-state index contributed by atoms with van der Waals surface area (Å²) in [7, 11) is 0. The van der Waals surface area contributed by atoms with Crippen LogP contribution in [-0.2, 0) is 30.6 Å². The zero-order valence-electron chi connectivity index (χ0n) is 17.9. The van der Waals surface area contributed by atoms with Crippen molar-refractivity contribution in [3.8, 4) is 0 Å². The van der Waals surface area contributed by atoms with Crippen LogP contribution in [0.3, 0.4) is 0 Å². The molecule has 1 aliphatic rings. The number of carbonyl (C=O) groups is 1. The third-order valence-corrected chi connectivity index (χ3v) is 6.26. The fourth-order valence-corrected chi connectivity index (χ4v) is 4.14. The standard InChI is InChI=1S/C24H28ClF3N2O/c1-3-16(2)14-17-4-6-18(7-5-17)15-29-22-20-11-13-30(23(31)24(26,27)28)12-10-19(20)8-9-21(22)25/h4-9,16,29H,3,10-15H2,1-2H3. The highest BCUT2D eigenvalue weighted by Crippen LogP contribution is 2.32. The molecule has 7 heteroatoms. The van der Waals surface area contributed by atoms with Gasteiger partial charge in [-0.1, -0.05) is 62.2 Å². The maximum absolute atomic E-state index is 12.8. The van der Waals surface area contributed by atoms with Crippen molar-refractivity contribution in [3.05, 3.63) is 63.7 Å². The zero-order chi connectivity index (χ0) is 22.6. The van der Waals surface area contributed by atoms with E-state index in [-0.39, 0.29) is 13.1 Å². The molecular weight excluding hydrogens is 425 g/mol. The van der Waals surface area contributed by atoms with Gasteiger partial charge in [0.05, 0.1) is 10.7 Å². The number of fused-ring (bicyclic) bond motifs is 1. The average molecular weight is 453 g/mol. The van der Waals surface area contributed by atoms with Gasteiger partial charge in [0.1, 0.15) is 0 Å². The Bertz CT molecular complexity index is 912. The average Bonchev–Trinajstić information content (AvgIpc) is 2.95. The summed E-state index contributed by atoms with van der Waals surface area (Å²) in [5, 5.41) is 3.90. The van der Waals surface area contributed by atoms with Crippen LogP contribution in [0, 0.1) is 5.92 Å². The molecule has 1 N–H and O–H groups in total. The Kier molecular flexibility index (Phi) is 7.52. The van der Waals surface area contributed by atoms with E-state index in [4.69, 9.17) is 11.6 Å². The maximum Gasteiger partial charge on any atom is 0.471 e. The molecule has 1 amide bonds. The van der Waals surface area contributed by atoms with Crippen LogP contribution in [-0.4, -0.2) is 30.1 Å². The number of alkyl halides is 3. The number of anilines is 1. The SMILES string of the molecule is CCC(C)Cc1ccc(CNc2c(Cl)ccc3c2CCN(C(=O)C(F)(F)F)CC3)cc1. The van der Waals surface area contributed by atoms with E-state index >= 15 is 0 Å². The largest absolute Gasteiger partial charge is 0.471 e. The van der Waals surface area contributed by atoms with Crippen LogP contribution in [0.4, 0.5) is 18.9 Å². The molecule has 0 aromatic heterocycles. The van der Waals surface area contributed by atoms with Gasteiger partial charge in [-0.25, -0.2) is 0 Å². The number of carbonyl (C=O) groups excluding carboxylic acids is 1. The number of nitrogens with zero attached hydrogens (tertiary/aromatic N) is 1. The predicted molar refractivity (Wildman–Crippen MR) is 118 cm³/mol. The number of rotatable bonds is 6. The van der Waals surface area contributed by atoms with Gasteiger partial charge in [-0.3, -0.25) is 4.79 Å². The lowest BCUT2D eigenvalue weighted by Gasteiger charge is -2.21. The van der Waals surface area contributed by atoms with Gasteiger partial charge in [-0.05, 0) is 53.5 Å². The summed E-state index contributed by atoms with van der Waals surface area (Å²) < 4.78 is 38.5. The Morgan fingerprint density at radius 2 is 1.74 bits per heavy atom. The Morgan fingerprint density at radius 1 is 1.10 bits per heavy atom. The molecule has 3 rings (SSSR count). The maximum atomic E-state index is 12.8. The lowest BCUT2D eigenvalue weighted by atomic mass is 9.98. The van der Waals surface area contributed by atoms with Gasteiger partial charge < -0.3 is 10.2 Å². The van der Waals surface area contributed by atoms with Crippen LogP contribution in [0.25, 0.3) is 0 Å². The summed E-state index contributed by atoms with van der Waals surface area (Å²) in [6.45, 7) is 5.05. The number of hydrogen-bond acceptors (Lipinski definition) is 2. The molecule has 0 fully saturated rings. The van der Waals surface area contributed by atoms with Crippen LogP contribution < -0.4 is 5.32 Å². The number of amides is 1. The van der Waals surface area contributed by atoms with Crippen molar-refractivity contribution in [2.75, 3.05) is 18.4 Å². The molecule has 2 aromatic carbocycles. The third-order valence-electron chi connectivity index (χ3n) is 5.94. The molecule has 1 unspecified atom stereocenters. The van der Waals surface area contributed by atoms with E-state index in [9.17, 15) is 18.0 Å².